The van der Waals surface area contributed by atoms with Gasteiger partial charge in [-0.2, -0.15) is 13.2 Å². The molecule has 2 amide bonds. The smallest absolute Gasteiger partial charge is 0.416 e. The van der Waals surface area contributed by atoms with Crippen molar-refractivity contribution >= 4 is 17.4 Å². The van der Waals surface area contributed by atoms with Crippen LogP contribution in [-0.2, 0) is 6.18 Å². The summed E-state index contributed by atoms with van der Waals surface area (Å²) in [7, 11) is 1.58. The van der Waals surface area contributed by atoms with Crippen LogP contribution in [0.2, 0.25) is 0 Å². The number of carbonyl (C=O) groups excluding carboxylic acids is 1. The predicted octanol–water partition coefficient (Wildman–Crippen LogP) is 6.61. The van der Waals surface area contributed by atoms with Crippen LogP contribution in [0.4, 0.5) is 29.3 Å². The summed E-state index contributed by atoms with van der Waals surface area (Å²) in [4.78, 5) is 20.9. The zero-order chi connectivity index (χ0) is 24.8. The highest BCUT2D eigenvalue weighted by atomic mass is 19.4. The first kappa shape index (κ1) is 23.6. The number of hydrogen-bond donors (Lipinski definition) is 2. The number of hydrogen-bond acceptors (Lipinski definition) is 5. The maximum Gasteiger partial charge on any atom is 0.416 e. The number of halogens is 3. The van der Waals surface area contributed by atoms with E-state index >= 15 is 0 Å². The molecule has 1 heterocycles. The minimum atomic E-state index is -4.51. The molecular weight excluding hydrogens is 461 g/mol. The molecule has 0 aliphatic heterocycles. The SMILES string of the molecule is COc1ccc(-c2cncc(Oc3cccc(NC(=O)Nc4cccc(C(F)(F)F)c4)c3)n2)cc1. The second kappa shape index (κ2) is 10.1. The summed E-state index contributed by atoms with van der Waals surface area (Å²) in [6.45, 7) is 0. The number of anilines is 2. The van der Waals surface area contributed by atoms with E-state index in [4.69, 9.17) is 9.47 Å². The van der Waals surface area contributed by atoms with Gasteiger partial charge < -0.3 is 20.1 Å². The van der Waals surface area contributed by atoms with Crippen molar-refractivity contribution in [1.29, 1.82) is 0 Å². The third-order valence-corrected chi connectivity index (χ3v) is 4.76. The number of urea groups is 1. The molecule has 0 unspecified atom stereocenters. The number of methoxy groups -OCH3 is 1. The molecule has 0 bridgehead atoms. The number of carbonyl (C=O) groups is 1. The number of nitrogens with one attached hydrogen (secondary N) is 2. The number of aromatic nitrogens is 2. The van der Waals surface area contributed by atoms with Crippen molar-refractivity contribution in [2.75, 3.05) is 17.7 Å². The molecule has 10 heteroatoms. The van der Waals surface area contributed by atoms with Gasteiger partial charge in [-0.05, 0) is 54.6 Å². The Balaban J connectivity index is 1.43. The summed E-state index contributed by atoms with van der Waals surface area (Å²) in [6, 6.07) is 17.4. The number of alkyl halides is 3. The third-order valence-electron chi connectivity index (χ3n) is 4.76. The van der Waals surface area contributed by atoms with Gasteiger partial charge in [-0.15, -0.1) is 0 Å². The Bertz CT molecular complexity index is 1330. The van der Waals surface area contributed by atoms with Crippen LogP contribution < -0.4 is 20.1 Å². The fourth-order valence-corrected chi connectivity index (χ4v) is 3.12. The van der Waals surface area contributed by atoms with Crippen LogP contribution in [0.15, 0.2) is 85.2 Å². The Morgan fingerprint density at radius 3 is 2.23 bits per heavy atom. The molecule has 7 nitrogen and oxygen atoms in total. The Kier molecular flexibility index (Phi) is 6.81. The second-order valence-corrected chi connectivity index (χ2v) is 7.26. The summed E-state index contributed by atoms with van der Waals surface area (Å²) >= 11 is 0. The highest BCUT2D eigenvalue weighted by Gasteiger charge is 2.30. The van der Waals surface area contributed by atoms with Gasteiger partial charge in [-0.1, -0.05) is 12.1 Å². The van der Waals surface area contributed by atoms with Crippen molar-refractivity contribution in [2.45, 2.75) is 6.18 Å². The summed E-state index contributed by atoms with van der Waals surface area (Å²) in [5, 5.41) is 4.95. The van der Waals surface area contributed by atoms with E-state index in [1.165, 1.54) is 18.3 Å². The summed E-state index contributed by atoms with van der Waals surface area (Å²) in [5.74, 6) is 1.34. The van der Waals surface area contributed by atoms with E-state index in [1.54, 1.807) is 37.6 Å². The van der Waals surface area contributed by atoms with Crippen molar-refractivity contribution in [3.05, 3.63) is 90.8 Å². The van der Waals surface area contributed by atoms with Crippen molar-refractivity contribution < 1.29 is 27.4 Å². The summed E-state index contributed by atoms with van der Waals surface area (Å²) in [5.41, 5.74) is 0.940. The normalized spacial score (nSPS) is 11.0. The van der Waals surface area contributed by atoms with Gasteiger partial charge >= 0.3 is 12.2 Å². The molecule has 0 fully saturated rings. The summed E-state index contributed by atoms with van der Waals surface area (Å²) in [6.07, 6.45) is -1.45. The van der Waals surface area contributed by atoms with Gasteiger partial charge in [-0.25, -0.2) is 9.78 Å². The molecule has 4 rings (SSSR count). The van der Waals surface area contributed by atoms with E-state index in [2.05, 4.69) is 20.6 Å². The molecule has 3 aromatic carbocycles. The molecule has 0 aliphatic carbocycles. The molecule has 0 aliphatic rings. The highest BCUT2D eigenvalue weighted by molar-refractivity contribution is 5.99. The lowest BCUT2D eigenvalue weighted by Crippen LogP contribution is -2.19. The lowest BCUT2D eigenvalue weighted by molar-refractivity contribution is -0.137. The fourth-order valence-electron chi connectivity index (χ4n) is 3.12. The Hall–Kier alpha value is -4.60. The standard InChI is InChI=1S/C25H19F3N4O3/c1-34-20-10-8-16(9-11-20)22-14-29-15-23(32-22)35-21-7-3-6-19(13-21)31-24(33)30-18-5-2-4-17(12-18)25(26,27)28/h2-15H,1H3,(H2,30,31,33). The number of benzene rings is 3. The molecule has 0 saturated heterocycles. The molecule has 2 N–H and O–H groups in total. The maximum absolute atomic E-state index is 12.9. The van der Waals surface area contributed by atoms with Gasteiger partial charge in [0, 0.05) is 23.0 Å². The minimum absolute atomic E-state index is 0.00958. The van der Waals surface area contributed by atoms with E-state index in [9.17, 15) is 18.0 Å². The van der Waals surface area contributed by atoms with Crippen LogP contribution in [0.5, 0.6) is 17.4 Å². The van der Waals surface area contributed by atoms with Gasteiger partial charge in [0.15, 0.2) is 0 Å². The predicted molar refractivity (Wildman–Crippen MR) is 125 cm³/mol. The molecule has 1 aromatic heterocycles. The molecule has 0 radical (unpaired) electrons. The zero-order valence-corrected chi connectivity index (χ0v) is 18.3. The average Bonchev–Trinajstić information content (AvgIpc) is 2.84. The number of ether oxygens (including phenoxy) is 2. The Morgan fingerprint density at radius 1 is 0.857 bits per heavy atom. The van der Waals surface area contributed by atoms with Gasteiger partial charge in [-0.3, -0.25) is 4.98 Å². The topological polar surface area (TPSA) is 85.4 Å². The Morgan fingerprint density at radius 2 is 1.54 bits per heavy atom. The first-order chi connectivity index (χ1) is 16.8. The minimum Gasteiger partial charge on any atom is -0.497 e. The van der Waals surface area contributed by atoms with E-state index in [1.807, 2.05) is 24.3 Å². The van der Waals surface area contributed by atoms with Crippen LogP contribution >= 0.6 is 0 Å². The van der Waals surface area contributed by atoms with Crippen LogP contribution in [0, 0.1) is 0 Å². The maximum atomic E-state index is 12.9. The zero-order valence-electron chi connectivity index (χ0n) is 18.3. The van der Waals surface area contributed by atoms with Gasteiger partial charge in [0.25, 0.3) is 0 Å². The van der Waals surface area contributed by atoms with Crippen molar-refractivity contribution in [3.63, 3.8) is 0 Å². The molecule has 4 aromatic rings. The summed E-state index contributed by atoms with van der Waals surface area (Å²) < 4.78 is 49.6. The first-order valence-corrected chi connectivity index (χ1v) is 10.3. The third kappa shape index (κ3) is 6.26. The molecule has 178 valence electrons. The largest absolute Gasteiger partial charge is 0.497 e. The van der Waals surface area contributed by atoms with E-state index in [0.29, 0.717) is 17.1 Å². The van der Waals surface area contributed by atoms with E-state index < -0.39 is 17.8 Å². The lowest BCUT2D eigenvalue weighted by Gasteiger charge is -2.12. The van der Waals surface area contributed by atoms with E-state index in [0.717, 1.165) is 23.4 Å². The highest BCUT2D eigenvalue weighted by Crippen LogP contribution is 2.31. The molecule has 0 saturated carbocycles. The van der Waals surface area contributed by atoms with E-state index in [-0.39, 0.29) is 11.6 Å². The van der Waals surface area contributed by atoms with Gasteiger partial charge in [0.2, 0.25) is 5.88 Å². The first-order valence-electron chi connectivity index (χ1n) is 10.3. The Labute approximate surface area is 198 Å². The lowest BCUT2D eigenvalue weighted by atomic mass is 10.1. The van der Waals surface area contributed by atoms with Crippen LogP contribution in [-0.4, -0.2) is 23.1 Å². The molecular formula is C25H19F3N4O3. The van der Waals surface area contributed by atoms with Crippen molar-refractivity contribution in [1.82, 2.24) is 9.97 Å². The van der Waals surface area contributed by atoms with Gasteiger partial charge in [0.1, 0.15) is 11.5 Å². The average molecular weight is 480 g/mol. The molecule has 0 atom stereocenters. The van der Waals surface area contributed by atoms with Gasteiger partial charge in [0.05, 0.1) is 30.8 Å². The fraction of sp³-hybridized carbons (Fsp3) is 0.0800. The van der Waals surface area contributed by atoms with Crippen molar-refractivity contribution in [3.8, 4) is 28.6 Å². The number of nitrogens with zero attached hydrogens (tertiary/aromatic N) is 2. The van der Waals surface area contributed by atoms with Crippen LogP contribution in [0.1, 0.15) is 5.56 Å². The molecule has 0 spiro atoms. The van der Waals surface area contributed by atoms with Crippen LogP contribution in [0.3, 0.4) is 0 Å². The van der Waals surface area contributed by atoms with Crippen LogP contribution in [0.25, 0.3) is 11.3 Å². The number of amides is 2. The van der Waals surface area contributed by atoms with Crippen molar-refractivity contribution in [2.24, 2.45) is 0 Å². The quantitative estimate of drug-likeness (QED) is 0.325. The number of rotatable bonds is 6. The second-order valence-electron chi connectivity index (χ2n) is 7.26. The monoisotopic (exact) mass is 480 g/mol. The molecule has 35 heavy (non-hydrogen) atoms.